The third-order valence-electron chi connectivity index (χ3n) is 4.11. The smallest absolute Gasteiger partial charge is 0.0386 e. The summed E-state index contributed by atoms with van der Waals surface area (Å²) in [6.45, 7) is 4.82. The fraction of sp³-hybridized carbons (Fsp3) is 1.00. The average Bonchev–Trinajstić information content (AvgIpc) is 2.03. The lowest BCUT2D eigenvalue weighted by Crippen LogP contribution is -2.29. The fourth-order valence-electron chi connectivity index (χ4n) is 3.33. The molecule has 1 unspecified atom stereocenters. The van der Waals surface area contributed by atoms with Crippen LogP contribution in [0.2, 0.25) is 0 Å². The van der Waals surface area contributed by atoms with Crippen LogP contribution in [-0.4, -0.2) is 0 Å². The van der Waals surface area contributed by atoms with E-state index in [0.29, 0.717) is 0 Å². The maximum Gasteiger partial charge on any atom is -0.0386 e. The van der Waals surface area contributed by atoms with Gasteiger partial charge in [-0.15, -0.1) is 0 Å². The number of rotatable bonds is 1. The Morgan fingerprint density at radius 2 is 1.50 bits per heavy atom. The summed E-state index contributed by atoms with van der Waals surface area (Å²) in [7, 11) is 0. The van der Waals surface area contributed by atoms with Gasteiger partial charge < -0.3 is 0 Å². The predicted molar refractivity (Wildman–Crippen MR) is 53.0 cm³/mol. The van der Waals surface area contributed by atoms with Crippen LogP contribution in [0.1, 0.15) is 52.4 Å². The van der Waals surface area contributed by atoms with Gasteiger partial charge in [0.1, 0.15) is 0 Å². The molecule has 2 bridgehead atoms. The van der Waals surface area contributed by atoms with Crippen molar-refractivity contribution in [1.82, 2.24) is 0 Å². The molecule has 0 aromatic rings. The molecule has 0 radical (unpaired) electrons. The van der Waals surface area contributed by atoms with Crippen molar-refractivity contribution in [3.05, 3.63) is 0 Å². The highest BCUT2D eigenvalue weighted by Gasteiger charge is 2.32. The molecular formula is C12H22. The number of fused-ring (bicyclic) bond motifs is 2. The van der Waals surface area contributed by atoms with Crippen molar-refractivity contribution in [2.45, 2.75) is 52.4 Å². The first-order chi connectivity index (χ1) is 5.75. The summed E-state index contributed by atoms with van der Waals surface area (Å²) in [6.07, 6.45) is 9.28. The lowest BCUT2D eigenvalue weighted by Gasteiger charge is -2.40. The van der Waals surface area contributed by atoms with E-state index in [4.69, 9.17) is 0 Å². The first kappa shape index (κ1) is 8.59. The van der Waals surface area contributed by atoms with Crippen molar-refractivity contribution in [2.24, 2.45) is 23.7 Å². The first-order valence-corrected chi connectivity index (χ1v) is 5.75. The van der Waals surface area contributed by atoms with Gasteiger partial charge in [0.15, 0.2) is 0 Å². The van der Waals surface area contributed by atoms with Crippen LogP contribution in [0.3, 0.4) is 0 Å². The van der Waals surface area contributed by atoms with Crippen LogP contribution in [0.25, 0.3) is 0 Å². The van der Waals surface area contributed by atoms with E-state index in [2.05, 4.69) is 13.8 Å². The zero-order valence-electron chi connectivity index (χ0n) is 8.55. The Kier molecular flexibility index (Phi) is 2.43. The van der Waals surface area contributed by atoms with Crippen LogP contribution in [0.15, 0.2) is 0 Å². The molecule has 0 amide bonds. The van der Waals surface area contributed by atoms with Crippen molar-refractivity contribution in [3.63, 3.8) is 0 Å². The predicted octanol–water partition coefficient (Wildman–Crippen LogP) is 3.86. The molecule has 2 aliphatic rings. The molecule has 12 heavy (non-hydrogen) atoms. The van der Waals surface area contributed by atoms with Gasteiger partial charge in [0.25, 0.3) is 0 Å². The number of hydrogen-bond acceptors (Lipinski definition) is 0. The molecule has 2 rings (SSSR count). The molecule has 2 fully saturated rings. The standard InChI is InChI=1S/C12H22/c1-9(2)12-7-10-4-3-5-11(6-10)8-12/h9-12H,3-8H2,1-2H3/t10-,11+,12?. The second-order valence-corrected chi connectivity index (χ2v) is 5.37. The summed E-state index contributed by atoms with van der Waals surface area (Å²) >= 11 is 0. The summed E-state index contributed by atoms with van der Waals surface area (Å²) < 4.78 is 0. The third-order valence-corrected chi connectivity index (χ3v) is 4.11. The zero-order chi connectivity index (χ0) is 8.55. The Balaban J connectivity index is 1.96. The minimum atomic E-state index is 0.938. The summed E-state index contributed by atoms with van der Waals surface area (Å²) in [5.74, 6) is 4.23. The molecule has 3 atom stereocenters. The molecule has 0 aliphatic heterocycles. The number of hydrogen-bond donors (Lipinski definition) is 0. The summed E-state index contributed by atoms with van der Waals surface area (Å²) in [5.41, 5.74) is 0. The van der Waals surface area contributed by atoms with Gasteiger partial charge in [0.2, 0.25) is 0 Å². The van der Waals surface area contributed by atoms with E-state index in [1.165, 1.54) is 6.42 Å². The summed E-state index contributed by atoms with van der Waals surface area (Å²) in [5, 5.41) is 0. The van der Waals surface area contributed by atoms with Crippen LogP contribution >= 0.6 is 0 Å². The van der Waals surface area contributed by atoms with Gasteiger partial charge in [-0.3, -0.25) is 0 Å². The Hall–Kier alpha value is 0. The van der Waals surface area contributed by atoms with Crippen molar-refractivity contribution >= 4 is 0 Å². The minimum Gasteiger partial charge on any atom is -0.0625 e. The second-order valence-electron chi connectivity index (χ2n) is 5.37. The molecule has 0 spiro atoms. The topological polar surface area (TPSA) is 0 Å². The Morgan fingerprint density at radius 1 is 0.917 bits per heavy atom. The Bertz CT molecular complexity index is 136. The van der Waals surface area contributed by atoms with Crippen LogP contribution in [-0.2, 0) is 0 Å². The molecule has 0 aromatic carbocycles. The van der Waals surface area contributed by atoms with E-state index in [9.17, 15) is 0 Å². The van der Waals surface area contributed by atoms with E-state index in [1.54, 1.807) is 32.1 Å². The molecular weight excluding hydrogens is 144 g/mol. The highest BCUT2D eigenvalue weighted by molar-refractivity contribution is 4.83. The monoisotopic (exact) mass is 166 g/mol. The normalized spacial score (nSPS) is 41.8. The molecule has 2 aliphatic carbocycles. The van der Waals surface area contributed by atoms with Crippen molar-refractivity contribution in [3.8, 4) is 0 Å². The van der Waals surface area contributed by atoms with Gasteiger partial charge >= 0.3 is 0 Å². The highest BCUT2D eigenvalue weighted by Crippen LogP contribution is 2.44. The molecule has 0 nitrogen and oxygen atoms in total. The lowest BCUT2D eigenvalue weighted by molar-refractivity contribution is 0.111. The van der Waals surface area contributed by atoms with Gasteiger partial charge in [-0.05, 0) is 42.9 Å². The van der Waals surface area contributed by atoms with Crippen LogP contribution < -0.4 is 0 Å². The SMILES string of the molecule is CC(C)C1C[C@H]2CCC[C@@H](C1)C2. The summed E-state index contributed by atoms with van der Waals surface area (Å²) in [6, 6.07) is 0. The van der Waals surface area contributed by atoms with E-state index in [1.807, 2.05) is 0 Å². The van der Waals surface area contributed by atoms with Crippen molar-refractivity contribution < 1.29 is 0 Å². The van der Waals surface area contributed by atoms with Crippen molar-refractivity contribution in [1.29, 1.82) is 0 Å². The Labute approximate surface area is 76.7 Å². The maximum atomic E-state index is 2.41. The van der Waals surface area contributed by atoms with Crippen LogP contribution in [0.5, 0.6) is 0 Å². The lowest BCUT2D eigenvalue weighted by atomic mass is 9.65. The van der Waals surface area contributed by atoms with Gasteiger partial charge in [0, 0.05) is 0 Å². The first-order valence-electron chi connectivity index (χ1n) is 5.75. The van der Waals surface area contributed by atoms with E-state index < -0.39 is 0 Å². The van der Waals surface area contributed by atoms with Crippen LogP contribution in [0.4, 0.5) is 0 Å². The van der Waals surface area contributed by atoms with E-state index in [-0.39, 0.29) is 0 Å². The maximum absolute atomic E-state index is 2.41. The highest BCUT2D eigenvalue weighted by atomic mass is 14.4. The van der Waals surface area contributed by atoms with E-state index >= 15 is 0 Å². The average molecular weight is 166 g/mol. The molecule has 0 heteroatoms. The molecule has 0 N–H and O–H groups in total. The molecule has 0 heterocycles. The molecule has 0 aromatic heterocycles. The van der Waals surface area contributed by atoms with Gasteiger partial charge in [-0.25, -0.2) is 0 Å². The fourth-order valence-corrected chi connectivity index (χ4v) is 3.33. The van der Waals surface area contributed by atoms with Gasteiger partial charge in [0.05, 0.1) is 0 Å². The van der Waals surface area contributed by atoms with Gasteiger partial charge in [-0.1, -0.05) is 33.1 Å². The van der Waals surface area contributed by atoms with Crippen molar-refractivity contribution in [2.75, 3.05) is 0 Å². The third kappa shape index (κ3) is 1.67. The second kappa shape index (κ2) is 3.40. The molecule has 2 saturated carbocycles. The zero-order valence-corrected chi connectivity index (χ0v) is 8.55. The minimum absolute atomic E-state index is 0.938. The van der Waals surface area contributed by atoms with E-state index in [0.717, 1.165) is 23.7 Å². The van der Waals surface area contributed by atoms with Gasteiger partial charge in [-0.2, -0.15) is 0 Å². The van der Waals surface area contributed by atoms with Crippen LogP contribution in [0, 0.1) is 23.7 Å². The molecule has 70 valence electrons. The Morgan fingerprint density at radius 3 is 2.00 bits per heavy atom. The largest absolute Gasteiger partial charge is 0.0625 e. The summed E-state index contributed by atoms with van der Waals surface area (Å²) in [4.78, 5) is 0. The molecule has 0 saturated heterocycles. The quantitative estimate of drug-likeness (QED) is 0.555.